The number of hydrogen-bond acceptors (Lipinski definition) is 4. The summed E-state index contributed by atoms with van der Waals surface area (Å²) in [6, 6.07) is 9.46. The molecule has 168 valence electrons. The monoisotopic (exact) mass is 475 g/mol. The summed E-state index contributed by atoms with van der Waals surface area (Å²) in [4.78, 5) is 16.5. The molecule has 0 unspecified atom stereocenters. The van der Waals surface area contributed by atoms with E-state index in [0.717, 1.165) is 24.0 Å². The Hall–Kier alpha value is -2.30. The van der Waals surface area contributed by atoms with Crippen LogP contribution < -0.4 is 4.72 Å². The predicted molar refractivity (Wildman–Crippen MR) is 113 cm³/mol. The second-order valence-corrected chi connectivity index (χ2v) is 9.49. The summed E-state index contributed by atoms with van der Waals surface area (Å²) in [5.74, 6) is -0.248. The number of hydrogen-bond donors (Lipinski definition) is 1. The molecule has 0 spiro atoms. The number of nitrogens with zero attached hydrogens (tertiary/aromatic N) is 2. The Labute approximate surface area is 183 Å². The molecule has 1 saturated heterocycles. The van der Waals surface area contributed by atoms with E-state index in [4.69, 9.17) is 11.6 Å². The lowest BCUT2D eigenvalue weighted by Gasteiger charge is -2.35. The molecular formula is C20H21ClF3N3O3S. The van der Waals surface area contributed by atoms with Gasteiger partial charge >= 0.3 is 6.18 Å². The third kappa shape index (κ3) is 6.34. The summed E-state index contributed by atoms with van der Waals surface area (Å²) in [7, 11) is -3.54. The highest BCUT2D eigenvalue weighted by molar-refractivity contribution is 7.92. The van der Waals surface area contributed by atoms with Gasteiger partial charge in [0.1, 0.15) is 0 Å². The van der Waals surface area contributed by atoms with E-state index in [1.54, 1.807) is 4.90 Å². The maximum absolute atomic E-state index is 12.8. The van der Waals surface area contributed by atoms with E-state index in [9.17, 15) is 26.4 Å². The van der Waals surface area contributed by atoms with Gasteiger partial charge in [-0.25, -0.2) is 8.42 Å². The molecule has 0 aromatic heterocycles. The van der Waals surface area contributed by atoms with Crippen molar-refractivity contribution in [3.63, 3.8) is 0 Å². The number of alkyl halides is 3. The molecule has 0 atom stereocenters. The van der Waals surface area contributed by atoms with Crippen LogP contribution in [0.1, 0.15) is 21.5 Å². The highest BCUT2D eigenvalue weighted by Gasteiger charge is 2.30. The molecule has 6 nitrogen and oxygen atoms in total. The fraction of sp³-hybridized carbons (Fsp3) is 0.350. The van der Waals surface area contributed by atoms with E-state index < -0.39 is 21.8 Å². The highest BCUT2D eigenvalue weighted by atomic mass is 35.5. The molecule has 1 aliphatic heterocycles. The predicted octanol–water partition coefficient (Wildman–Crippen LogP) is 3.69. The van der Waals surface area contributed by atoms with Gasteiger partial charge in [0, 0.05) is 38.3 Å². The summed E-state index contributed by atoms with van der Waals surface area (Å²) < 4.78 is 63.2. The van der Waals surface area contributed by atoms with Crippen molar-refractivity contribution in [1.82, 2.24) is 9.80 Å². The summed E-state index contributed by atoms with van der Waals surface area (Å²) in [6.45, 7) is 2.50. The van der Waals surface area contributed by atoms with E-state index >= 15 is 0 Å². The van der Waals surface area contributed by atoms with Crippen LogP contribution in [0.3, 0.4) is 0 Å². The van der Waals surface area contributed by atoms with Gasteiger partial charge in [-0.05, 0) is 35.9 Å². The molecule has 1 N–H and O–H groups in total. The number of halogens is 4. The van der Waals surface area contributed by atoms with E-state index in [2.05, 4.69) is 9.62 Å². The molecule has 2 aromatic rings. The smallest absolute Gasteiger partial charge is 0.336 e. The summed E-state index contributed by atoms with van der Waals surface area (Å²) in [5, 5.41) is 0.184. The topological polar surface area (TPSA) is 69.7 Å². The highest BCUT2D eigenvalue weighted by Crippen LogP contribution is 2.29. The van der Waals surface area contributed by atoms with Crippen LogP contribution in [0.4, 0.5) is 18.9 Å². The maximum atomic E-state index is 12.8. The van der Waals surface area contributed by atoms with Crippen LogP contribution in [-0.2, 0) is 22.7 Å². The van der Waals surface area contributed by atoms with Crippen LogP contribution in [-0.4, -0.2) is 56.6 Å². The van der Waals surface area contributed by atoms with Gasteiger partial charge in [-0.2, -0.15) is 13.2 Å². The second-order valence-electron chi connectivity index (χ2n) is 7.33. The number of carbonyl (C=O) groups is 1. The van der Waals surface area contributed by atoms with Crippen LogP contribution in [0.5, 0.6) is 0 Å². The first-order valence-corrected chi connectivity index (χ1v) is 11.6. The number of benzene rings is 2. The largest absolute Gasteiger partial charge is 0.416 e. The zero-order chi connectivity index (χ0) is 22.8. The molecule has 0 radical (unpaired) electrons. The van der Waals surface area contributed by atoms with Gasteiger partial charge in [0.2, 0.25) is 10.0 Å². The Morgan fingerprint density at radius 2 is 1.68 bits per heavy atom. The first-order chi connectivity index (χ1) is 14.4. The quantitative estimate of drug-likeness (QED) is 0.716. The van der Waals surface area contributed by atoms with Crippen LogP contribution >= 0.6 is 11.6 Å². The molecule has 1 heterocycles. The normalized spacial score (nSPS) is 15.7. The molecule has 2 aromatic carbocycles. The standard InChI is InChI=1S/C20H21ClF3N3O3S/c1-31(29,30)25-18-12-15(4-7-17(18)21)19(28)27-10-8-26(9-11-27)13-14-2-5-16(6-3-14)20(22,23)24/h2-7,12,25H,8-11,13H2,1H3. The van der Waals surface area contributed by atoms with Crippen molar-refractivity contribution in [3.8, 4) is 0 Å². The van der Waals surface area contributed by atoms with Gasteiger partial charge in [-0.3, -0.25) is 14.4 Å². The van der Waals surface area contributed by atoms with E-state index in [1.807, 2.05) is 0 Å². The van der Waals surface area contributed by atoms with E-state index in [0.29, 0.717) is 38.3 Å². The Morgan fingerprint density at radius 1 is 1.06 bits per heavy atom. The Bertz CT molecular complexity index is 1050. The third-order valence-electron chi connectivity index (χ3n) is 4.86. The molecule has 0 aliphatic carbocycles. The van der Waals surface area contributed by atoms with E-state index in [-0.39, 0.29) is 16.6 Å². The van der Waals surface area contributed by atoms with Crippen LogP contribution in [0, 0.1) is 0 Å². The minimum Gasteiger partial charge on any atom is -0.336 e. The lowest BCUT2D eigenvalue weighted by molar-refractivity contribution is -0.137. The van der Waals surface area contributed by atoms with Crippen molar-refractivity contribution in [1.29, 1.82) is 0 Å². The van der Waals surface area contributed by atoms with Crippen molar-refractivity contribution in [2.24, 2.45) is 0 Å². The molecule has 31 heavy (non-hydrogen) atoms. The zero-order valence-electron chi connectivity index (χ0n) is 16.6. The fourth-order valence-corrected chi connectivity index (χ4v) is 4.07. The van der Waals surface area contributed by atoms with Gasteiger partial charge < -0.3 is 4.90 Å². The molecule has 1 amide bonds. The number of sulfonamides is 1. The SMILES string of the molecule is CS(=O)(=O)Nc1cc(C(=O)N2CCN(Cc3ccc(C(F)(F)F)cc3)CC2)ccc1Cl. The number of nitrogens with one attached hydrogen (secondary N) is 1. The first kappa shape index (κ1) is 23.4. The molecule has 0 saturated carbocycles. The van der Waals surface area contributed by atoms with Gasteiger partial charge in [0.15, 0.2) is 0 Å². The molecule has 1 aliphatic rings. The zero-order valence-corrected chi connectivity index (χ0v) is 18.2. The number of rotatable bonds is 5. The van der Waals surface area contributed by atoms with Crippen LogP contribution in [0.15, 0.2) is 42.5 Å². The Balaban J connectivity index is 1.59. The van der Waals surface area contributed by atoms with Crippen LogP contribution in [0.25, 0.3) is 0 Å². The summed E-state index contributed by atoms with van der Waals surface area (Å²) >= 11 is 6.00. The Kier molecular flexibility index (Phi) is 6.82. The maximum Gasteiger partial charge on any atom is 0.416 e. The summed E-state index contributed by atoms with van der Waals surface area (Å²) in [6.07, 6.45) is -3.36. The Morgan fingerprint density at radius 3 is 2.23 bits per heavy atom. The van der Waals surface area contributed by atoms with Gasteiger partial charge in [-0.1, -0.05) is 23.7 Å². The second kappa shape index (κ2) is 9.05. The minimum absolute atomic E-state index is 0.135. The average Bonchev–Trinajstić information content (AvgIpc) is 2.68. The minimum atomic E-state index is -4.36. The molecular weight excluding hydrogens is 455 g/mol. The van der Waals surface area contributed by atoms with E-state index in [1.165, 1.54) is 30.3 Å². The number of piperazine rings is 1. The average molecular weight is 476 g/mol. The summed E-state index contributed by atoms with van der Waals surface area (Å²) in [5.41, 5.74) is 0.532. The molecule has 3 rings (SSSR count). The third-order valence-corrected chi connectivity index (χ3v) is 5.78. The van der Waals surface area contributed by atoms with Crippen molar-refractivity contribution < 1.29 is 26.4 Å². The lowest BCUT2D eigenvalue weighted by Crippen LogP contribution is -2.48. The van der Waals surface area contributed by atoms with Gasteiger partial charge in [-0.15, -0.1) is 0 Å². The van der Waals surface area contributed by atoms with Crippen molar-refractivity contribution in [2.75, 3.05) is 37.2 Å². The molecule has 1 fully saturated rings. The van der Waals surface area contributed by atoms with Crippen LogP contribution in [0.2, 0.25) is 5.02 Å². The van der Waals surface area contributed by atoms with Gasteiger partial charge in [0.05, 0.1) is 22.5 Å². The van der Waals surface area contributed by atoms with Crippen molar-refractivity contribution >= 4 is 33.2 Å². The number of anilines is 1. The molecule has 11 heteroatoms. The first-order valence-electron chi connectivity index (χ1n) is 9.37. The van der Waals surface area contributed by atoms with Crippen molar-refractivity contribution in [2.45, 2.75) is 12.7 Å². The van der Waals surface area contributed by atoms with Gasteiger partial charge in [0.25, 0.3) is 5.91 Å². The fourth-order valence-electron chi connectivity index (χ4n) is 3.29. The molecule has 0 bridgehead atoms. The lowest BCUT2D eigenvalue weighted by atomic mass is 10.1. The number of amides is 1. The number of carbonyl (C=O) groups excluding carboxylic acids is 1. The van der Waals surface area contributed by atoms with Crippen molar-refractivity contribution in [3.05, 3.63) is 64.2 Å².